The van der Waals surface area contributed by atoms with E-state index >= 15 is 0 Å². The highest BCUT2D eigenvalue weighted by Crippen LogP contribution is 2.43. The zero-order valence-electron chi connectivity index (χ0n) is 10.7. The fraction of sp³-hybridized carbons (Fsp3) is 0. The highest BCUT2D eigenvalue weighted by atomic mass is 35.5. The number of halogens is 6. The molecule has 0 bridgehead atoms. The predicted molar refractivity (Wildman–Crippen MR) is 93.5 cm³/mol. The smallest absolute Gasteiger partial charge is 0.151 e. The van der Waals surface area contributed by atoms with E-state index < -0.39 is 0 Å². The van der Waals surface area contributed by atoms with Crippen LogP contribution in [0.1, 0.15) is 11.1 Å². The average molecular weight is 427 g/mol. The van der Waals surface area contributed by atoms with Crippen molar-refractivity contribution in [3.8, 4) is 12.1 Å². The summed E-state index contributed by atoms with van der Waals surface area (Å²) in [6.07, 6.45) is 0. The van der Waals surface area contributed by atoms with Crippen LogP contribution in [0.15, 0.2) is 6.07 Å². The second-order valence-corrected chi connectivity index (χ2v) is 6.31. The van der Waals surface area contributed by atoms with E-state index in [-0.39, 0.29) is 52.9 Å². The predicted octanol–water partition coefficient (Wildman–Crippen LogP) is 6.49. The molecular weight excluding hydrogens is 425 g/mol. The minimum atomic E-state index is -0.136. The van der Waals surface area contributed by atoms with E-state index in [1.54, 1.807) is 6.07 Å². The van der Waals surface area contributed by atoms with Crippen LogP contribution in [0.3, 0.4) is 0 Å². The molecule has 0 unspecified atom stereocenters. The first-order chi connectivity index (χ1) is 10.8. The largest absolute Gasteiger partial charge is 0.337 e. The van der Waals surface area contributed by atoms with Gasteiger partial charge in [0.1, 0.15) is 17.3 Å². The molecule has 0 radical (unpaired) electrons. The summed E-state index contributed by atoms with van der Waals surface area (Å²) in [6.45, 7) is 0. The van der Waals surface area contributed by atoms with Crippen molar-refractivity contribution in [2.45, 2.75) is 0 Å². The Morgan fingerprint density at radius 2 is 1.43 bits per heavy atom. The van der Waals surface area contributed by atoms with Gasteiger partial charge in [0.15, 0.2) is 5.82 Å². The number of nitrogens with zero attached hydrogens (tertiary/aromatic N) is 3. The first-order valence-electron chi connectivity index (χ1n) is 5.61. The third-order valence-corrected chi connectivity index (χ3v) is 4.87. The van der Waals surface area contributed by atoms with Gasteiger partial charge in [-0.25, -0.2) is 4.98 Å². The van der Waals surface area contributed by atoms with E-state index in [2.05, 4.69) is 10.3 Å². The fourth-order valence-electron chi connectivity index (χ4n) is 1.63. The van der Waals surface area contributed by atoms with Gasteiger partial charge >= 0.3 is 0 Å². The molecule has 1 aromatic heterocycles. The molecule has 0 fully saturated rings. The molecule has 116 valence electrons. The number of benzene rings is 1. The molecule has 2 aromatic rings. The lowest BCUT2D eigenvalue weighted by molar-refractivity contribution is 1.30. The van der Waals surface area contributed by atoms with Crippen LogP contribution >= 0.6 is 69.6 Å². The van der Waals surface area contributed by atoms with Crippen molar-refractivity contribution in [3.05, 3.63) is 47.5 Å². The normalized spacial score (nSPS) is 10.1. The van der Waals surface area contributed by atoms with Gasteiger partial charge in [-0.15, -0.1) is 0 Å². The van der Waals surface area contributed by atoms with Crippen LogP contribution in [-0.2, 0) is 0 Å². The summed E-state index contributed by atoms with van der Waals surface area (Å²) in [5, 5.41) is 21.1. The molecule has 0 aliphatic carbocycles. The van der Waals surface area contributed by atoms with E-state index in [9.17, 15) is 5.26 Å². The standard InChI is InChI=1S/C13H2Cl6N4/c14-6-1-7(15)13(23-12(6)19)22-11-5(3-21)8(16)4(2-20)9(17)10(11)18/h1H,(H,22,23). The van der Waals surface area contributed by atoms with E-state index in [0.29, 0.717) is 0 Å². The van der Waals surface area contributed by atoms with Gasteiger partial charge in [-0.05, 0) is 6.07 Å². The van der Waals surface area contributed by atoms with Gasteiger partial charge in [0.2, 0.25) is 0 Å². The molecule has 1 heterocycles. The average Bonchev–Trinajstić information content (AvgIpc) is 2.50. The minimum Gasteiger partial charge on any atom is -0.337 e. The van der Waals surface area contributed by atoms with Crippen molar-refractivity contribution in [1.82, 2.24) is 4.98 Å². The van der Waals surface area contributed by atoms with Crippen LogP contribution in [0.25, 0.3) is 0 Å². The lowest BCUT2D eigenvalue weighted by atomic mass is 10.1. The van der Waals surface area contributed by atoms with E-state index in [1.807, 2.05) is 6.07 Å². The maximum absolute atomic E-state index is 9.29. The summed E-state index contributed by atoms with van der Waals surface area (Å²) in [7, 11) is 0. The van der Waals surface area contributed by atoms with Crippen molar-refractivity contribution in [1.29, 1.82) is 10.5 Å². The highest BCUT2D eigenvalue weighted by molar-refractivity contribution is 6.47. The molecule has 0 saturated carbocycles. The molecule has 0 amide bonds. The summed E-state index contributed by atoms with van der Waals surface area (Å²) in [5.41, 5.74) is -0.133. The molecule has 0 atom stereocenters. The van der Waals surface area contributed by atoms with E-state index in [1.165, 1.54) is 6.07 Å². The second kappa shape index (κ2) is 7.20. The Hall–Kier alpha value is -1.11. The number of nitrogens with one attached hydrogen (secondary N) is 1. The van der Waals surface area contributed by atoms with Crippen molar-refractivity contribution in [2.24, 2.45) is 0 Å². The minimum absolute atomic E-state index is 0.000893. The number of hydrogen-bond donors (Lipinski definition) is 1. The molecule has 23 heavy (non-hydrogen) atoms. The van der Waals surface area contributed by atoms with Crippen LogP contribution in [0, 0.1) is 22.7 Å². The maximum Gasteiger partial charge on any atom is 0.151 e. The zero-order chi connectivity index (χ0) is 17.3. The maximum atomic E-state index is 9.29. The number of anilines is 2. The highest BCUT2D eigenvalue weighted by Gasteiger charge is 2.22. The Kier molecular flexibility index (Phi) is 5.70. The van der Waals surface area contributed by atoms with Crippen molar-refractivity contribution in [2.75, 3.05) is 5.32 Å². The zero-order valence-corrected chi connectivity index (χ0v) is 15.2. The molecule has 4 nitrogen and oxygen atoms in total. The summed E-state index contributed by atoms with van der Waals surface area (Å²) < 4.78 is 0. The van der Waals surface area contributed by atoms with Crippen LogP contribution in [0.5, 0.6) is 0 Å². The summed E-state index contributed by atoms with van der Waals surface area (Å²) in [5.74, 6) is 0.0938. The second-order valence-electron chi connectivity index (χ2n) is 4.01. The molecule has 1 N–H and O–H groups in total. The van der Waals surface area contributed by atoms with Gasteiger partial charge < -0.3 is 5.32 Å². The van der Waals surface area contributed by atoms with Crippen LogP contribution < -0.4 is 5.32 Å². The molecule has 2 rings (SSSR count). The monoisotopic (exact) mass is 424 g/mol. The molecule has 0 aliphatic rings. The van der Waals surface area contributed by atoms with E-state index in [0.717, 1.165) is 0 Å². The number of hydrogen-bond acceptors (Lipinski definition) is 4. The van der Waals surface area contributed by atoms with Crippen molar-refractivity contribution >= 4 is 81.1 Å². The molecule has 0 spiro atoms. The fourth-order valence-corrected chi connectivity index (χ4v) is 2.97. The first-order valence-corrected chi connectivity index (χ1v) is 7.87. The third-order valence-electron chi connectivity index (χ3n) is 2.67. The quantitative estimate of drug-likeness (QED) is 0.440. The number of aromatic nitrogens is 1. The third kappa shape index (κ3) is 3.39. The first kappa shape index (κ1) is 18.2. The molecule has 0 aliphatic heterocycles. The lowest BCUT2D eigenvalue weighted by Gasteiger charge is -2.14. The van der Waals surface area contributed by atoms with Crippen molar-refractivity contribution in [3.63, 3.8) is 0 Å². The van der Waals surface area contributed by atoms with E-state index in [4.69, 9.17) is 74.9 Å². The SMILES string of the molecule is N#Cc1c(Cl)c(Cl)c(Nc2nc(Cl)c(Cl)cc2Cl)c(C#N)c1Cl. The lowest BCUT2D eigenvalue weighted by Crippen LogP contribution is -2.01. The van der Waals surface area contributed by atoms with Crippen LogP contribution in [0.4, 0.5) is 11.5 Å². The Morgan fingerprint density at radius 3 is 2.00 bits per heavy atom. The molecule has 0 saturated heterocycles. The Labute approximate surface area is 161 Å². The Morgan fingerprint density at radius 1 is 0.826 bits per heavy atom. The summed E-state index contributed by atoms with van der Waals surface area (Å²) >= 11 is 35.8. The molecular formula is C13H2Cl6N4. The van der Waals surface area contributed by atoms with Gasteiger partial charge in [0.25, 0.3) is 0 Å². The number of nitriles is 2. The summed E-state index contributed by atoms with van der Waals surface area (Å²) in [6, 6.07) is 5.01. The molecule has 1 aromatic carbocycles. The number of rotatable bonds is 2. The Bertz CT molecular complexity index is 897. The molecule has 10 heteroatoms. The van der Waals surface area contributed by atoms with Gasteiger partial charge in [-0.2, -0.15) is 10.5 Å². The van der Waals surface area contributed by atoms with Gasteiger partial charge in [-0.3, -0.25) is 0 Å². The number of pyridine rings is 1. The topological polar surface area (TPSA) is 72.5 Å². The van der Waals surface area contributed by atoms with Crippen molar-refractivity contribution < 1.29 is 0 Å². The summed E-state index contributed by atoms with van der Waals surface area (Å²) in [4.78, 5) is 3.96. The van der Waals surface area contributed by atoms with Gasteiger partial charge in [0, 0.05) is 0 Å². The van der Waals surface area contributed by atoms with Gasteiger partial charge in [-0.1, -0.05) is 69.6 Å². The van der Waals surface area contributed by atoms with Gasteiger partial charge in [0.05, 0.1) is 41.9 Å². The van der Waals surface area contributed by atoms with Crippen LogP contribution in [-0.4, -0.2) is 4.98 Å². The Balaban J connectivity index is 2.69. The van der Waals surface area contributed by atoms with Crippen LogP contribution in [0.2, 0.25) is 30.3 Å².